The van der Waals surface area contributed by atoms with E-state index in [2.05, 4.69) is 10.5 Å². The molecule has 16 heavy (non-hydrogen) atoms. The quantitative estimate of drug-likeness (QED) is 0.481. The van der Waals surface area contributed by atoms with Crippen LogP contribution in [0.3, 0.4) is 0 Å². The molecule has 0 saturated heterocycles. The first-order chi connectivity index (χ1) is 7.66. The first kappa shape index (κ1) is 10.6. The van der Waals surface area contributed by atoms with Crippen molar-refractivity contribution in [3.05, 3.63) is 34.4 Å². The Morgan fingerprint density at radius 3 is 2.56 bits per heavy atom. The Hall–Kier alpha value is -1.91. The van der Waals surface area contributed by atoms with Crippen molar-refractivity contribution in [1.29, 1.82) is 0 Å². The second kappa shape index (κ2) is 4.30. The second-order valence-corrected chi connectivity index (χ2v) is 3.94. The summed E-state index contributed by atoms with van der Waals surface area (Å²) in [6.07, 6.45) is 2.44. The highest BCUT2D eigenvalue weighted by Gasteiger charge is 2.24. The summed E-state index contributed by atoms with van der Waals surface area (Å²) in [6, 6.07) is 6.23. The zero-order valence-electron chi connectivity index (χ0n) is 9.01. The van der Waals surface area contributed by atoms with Crippen molar-refractivity contribution in [3.63, 3.8) is 0 Å². The summed E-state index contributed by atoms with van der Waals surface area (Å²) in [6.45, 7) is 2.00. The van der Waals surface area contributed by atoms with Crippen molar-refractivity contribution in [2.45, 2.75) is 19.8 Å². The minimum Gasteiger partial charge on any atom is -0.279 e. The van der Waals surface area contributed by atoms with Crippen LogP contribution in [0.25, 0.3) is 0 Å². The highest BCUT2D eigenvalue weighted by Crippen LogP contribution is 2.30. The highest BCUT2D eigenvalue weighted by atomic mass is 16.6. The third-order valence-electron chi connectivity index (χ3n) is 2.61. The van der Waals surface area contributed by atoms with Gasteiger partial charge in [0.15, 0.2) is 0 Å². The Kier molecular flexibility index (Phi) is 2.85. The van der Waals surface area contributed by atoms with Crippen molar-refractivity contribution < 1.29 is 4.92 Å². The van der Waals surface area contributed by atoms with Gasteiger partial charge >= 0.3 is 0 Å². The summed E-state index contributed by atoms with van der Waals surface area (Å²) < 4.78 is 0. The number of nitrogens with one attached hydrogen (secondary N) is 1. The number of rotatable bonds is 4. The molecule has 0 aromatic heterocycles. The van der Waals surface area contributed by atoms with Gasteiger partial charge in [0.25, 0.3) is 5.69 Å². The lowest BCUT2D eigenvalue weighted by Gasteiger charge is -2.01. The molecule has 5 heteroatoms. The Morgan fingerprint density at radius 1 is 1.44 bits per heavy atom. The van der Waals surface area contributed by atoms with Crippen LogP contribution in [-0.2, 0) is 0 Å². The molecule has 1 aliphatic carbocycles. The van der Waals surface area contributed by atoms with Crippen molar-refractivity contribution >= 4 is 17.1 Å². The van der Waals surface area contributed by atoms with Crippen LogP contribution in [0.5, 0.6) is 0 Å². The smallest absolute Gasteiger partial charge is 0.269 e. The van der Waals surface area contributed by atoms with E-state index in [4.69, 9.17) is 0 Å². The van der Waals surface area contributed by atoms with Gasteiger partial charge in [-0.2, -0.15) is 5.10 Å². The van der Waals surface area contributed by atoms with Crippen molar-refractivity contribution in [2.24, 2.45) is 11.0 Å². The molecule has 1 aromatic rings. The van der Waals surface area contributed by atoms with Gasteiger partial charge in [-0.15, -0.1) is 0 Å². The van der Waals surface area contributed by atoms with Crippen molar-refractivity contribution in [1.82, 2.24) is 0 Å². The molecule has 1 aromatic carbocycles. The Morgan fingerprint density at radius 2 is 2.06 bits per heavy atom. The number of benzene rings is 1. The van der Waals surface area contributed by atoms with Gasteiger partial charge in [0.05, 0.1) is 10.6 Å². The number of non-ortho nitro benzene ring substituents is 1. The second-order valence-electron chi connectivity index (χ2n) is 3.94. The van der Waals surface area contributed by atoms with Gasteiger partial charge < -0.3 is 0 Å². The first-order valence-corrected chi connectivity index (χ1v) is 5.21. The van der Waals surface area contributed by atoms with E-state index in [1.807, 2.05) is 6.92 Å². The van der Waals surface area contributed by atoms with Gasteiger partial charge in [-0.25, -0.2) is 0 Å². The number of nitro benzene ring substituents is 1. The van der Waals surface area contributed by atoms with Crippen LogP contribution in [0.15, 0.2) is 29.4 Å². The van der Waals surface area contributed by atoms with Crippen molar-refractivity contribution in [2.75, 3.05) is 5.43 Å². The normalized spacial score (nSPS) is 15.9. The summed E-state index contributed by atoms with van der Waals surface area (Å²) in [5.41, 5.74) is 4.85. The van der Waals surface area contributed by atoms with Crippen molar-refractivity contribution in [3.8, 4) is 0 Å². The highest BCUT2D eigenvalue weighted by molar-refractivity contribution is 5.86. The Labute approximate surface area is 93.3 Å². The van der Waals surface area contributed by atoms with Crippen LogP contribution in [0.2, 0.25) is 0 Å². The maximum atomic E-state index is 10.4. The van der Waals surface area contributed by atoms with E-state index in [0.717, 1.165) is 11.4 Å². The predicted octanol–water partition coefficient (Wildman–Crippen LogP) is 2.79. The van der Waals surface area contributed by atoms with Crippen LogP contribution >= 0.6 is 0 Å². The average Bonchev–Trinajstić information content (AvgIpc) is 3.10. The van der Waals surface area contributed by atoms with E-state index in [0.29, 0.717) is 5.92 Å². The first-order valence-electron chi connectivity index (χ1n) is 5.21. The van der Waals surface area contributed by atoms with E-state index in [1.54, 1.807) is 12.1 Å². The number of nitro groups is 1. The van der Waals surface area contributed by atoms with E-state index >= 15 is 0 Å². The molecule has 1 aliphatic rings. The zero-order valence-corrected chi connectivity index (χ0v) is 9.01. The molecule has 0 unspecified atom stereocenters. The number of hydrogen-bond acceptors (Lipinski definition) is 4. The summed E-state index contributed by atoms with van der Waals surface area (Å²) in [5.74, 6) is 0.630. The standard InChI is InChI=1S/C11H13N3O2/c1-8(9-2-3-9)12-13-10-4-6-11(7-5-10)14(15)16/h4-7,9,13H,2-3H2,1H3. The third kappa shape index (κ3) is 2.56. The molecule has 5 nitrogen and oxygen atoms in total. The maximum Gasteiger partial charge on any atom is 0.269 e. The molecule has 1 N–H and O–H groups in total. The molecule has 84 valence electrons. The van der Waals surface area contributed by atoms with Gasteiger partial charge in [0, 0.05) is 17.8 Å². The summed E-state index contributed by atoms with van der Waals surface area (Å²) in [7, 11) is 0. The van der Waals surface area contributed by atoms with Crippen LogP contribution in [-0.4, -0.2) is 10.6 Å². The van der Waals surface area contributed by atoms with Gasteiger partial charge in [-0.3, -0.25) is 15.5 Å². The Bertz CT molecular complexity index is 421. The summed E-state index contributed by atoms with van der Waals surface area (Å²) >= 11 is 0. The summed E-state index contributed by atoms with van der Waals surface area (Å²) in [5, 5.41) is 14.7. The molecule has 0 amide bonds. The molecule has 0 bridgehead atoms. The number of hydrogen-bond donors (Lipinski definition) is 1. The van der Waals surface area contributed by atoms with Gasteiger partial charge in [0.2, 0.25) is 0 Å². The lowest BCUT2D eigenvalue weighted by molar-refractivity contribution is -0.384. The number of anilines is 1. The number of nitrogens with zero attached hydrogens (tertiary/aromatic N) is 2. The fourth-order valence-electron chi connectivity index (χ4n) is 1.40. The SMILES string of the molecule is CC(=NNc1ccc([N+](=O)[O-])cc1)C1CC1. The fourth-order valence-corrected chi connectivity index (χ4v) is 1.40. The topological polar surface area (TPSA) is 67.5 Å². The molecule has 1 saturated carbocycles. The number of hydrazone groups is 1. The third-order valence-corrected chi connectivity index (χ3v) is 2.61. The van der Waals surface area contributed by atoms with E-state index in [9.17, 15) is 10.1 Å². The molecular weight excluding hydrogens is 206 g/mol. The van der Waals surface area contributed by atoms with E-state index in [-0.39, 0.29) is 5.69 Å². The zero-order chi connectivity index (χ0) is 11.5. The van der Waals surface area contributed by atoms with Crippen LogP contribution in [0.4, 0.5) is 11.4 Å². The predicted molar refractivity (Wildman–Crippen MR) is 62.6 cm³/mol. The molecule has 1 fully saturated rings. The maximum absolute atomic E-state index is 10.4. The lowest BCUT2D eigenvalue weighted by Crippen LogP contribution is -1.99. The fraction of sp³-hybridized carbons (Fsp3) is 0.364. The molecule has 2 rings (SSSR count). The monoisotopic (exact) mass is 219 g/mol. The minimum atomic E-state index is -0.414. The summed E-state index contributed by atoms with van der Waals surface area (Å²) in [4.78, 5) is 10.0. The van der Waals surface area contributed by atoms with Crippen LogP contribution < -0.4 is 5.43 Å². The lowest BCUT2D eigenvalue weighted by atomic mass is 10.3. The molecule has 0 spiro atoms. The Balaban J connectivity index is 1.99. The largest absolute Gasteiger partial charge is 0.279 e. The van der Waals surface area contributed by atoms with Gasteiger partial charge in [-0.05, 0) is 37.8 Å². The average molecular weight is 219 g/mol. The van der Waals surface area contributed by atoms with Gasteiger partial charge in [0.1, 0.15) is 0 Å². The molecule has 0 aliphatic heterocycles. The molecule has 0 radical (unpaired) electrons. The van der Waals surface area contributed by atoms with Crippen LogP contribution in [0, 0.1) is 16.0 Å². The molecule has 0 atom stereocenters. The van der Waals surface area contributed by atoms with Gasteiger partial charge in [-0.1, -0.05) is 0 Å². The van der Waals surface area contributed by atoms with Crippen LogP contribution in [0.1, 0.15) is 19.8 Å². The molecule has 0 heterocycles. The minimum absolute atomic E-state index is 0.0912. The van der Waals surface area contributed by atoms with E-state index in [1.165, 1.54) is 25.0 Å². The van der Waals surface area contributed by atoms with E-state index < -0.39 is 4.92 Å². The molecular formula is C11H13N3O2.